The van der Waals surface area contributed by atoms with Crippen LogP contribution in [0.15, 0.2) is 52.2 Å². The fraction of sp³-hybridized carbons (Fsp3) is 0.231. The van der Waals surface area contributed by atoms with Gasteiger partial charge in [-0.2, -0.15) is 18.3 Å². The van der Waals surface area contributed by atoms with Crippen LogP contribution in [0.2, 0.25) is 0 Å². The molecular formula is C13H11F3N2O3S. The fourth-order valence-corrected chi connectivity index (χ4v) is 2.93. The van der Waals surface area contributed by atoms with E-state index in [1.165, 1.54) is 24.3 Å². The second kappa shape index (κ2) is 5.91. The third-order valence-corrected chi connectivity index (χ3v) is 4.54. The maximum Gasteiger partial charge on any atom is 0.435 e. The molecule has 0 saturated heterocycles. The highest BCUT2D eigenvalue weighted by Crippen LogP contribution is 2.26. The average Bonchev–Trinajstić information content (AvgIpc) is 2.46. The number of alkyl halides is 3. The lowest BCUT2D eigenvalue weighted by molar-refractivity contribution is -0.142. The zero-order valence-electron chi connectivity index (χ0n) is 11.1. The van der Waals surface area contributed by atoms with Crippen molar-refractivity contribution in [3.8, 4) is 0 Å². The van der Waals surface area contributed by atoms with Gasteiger partial charge in [0.05, 0.1) is 17.2 Å². The normalized spacial score (nSPS) is 12.3. The molecule has 1 aromatic heterocycles. The van der Waals surface area contributed by atoms with Crippen molar-refractivity contribution >= 4 is 9.84 Å². The lowest BCUT2D eigenvalue weighted by Gasteiger charge is -2.09. The molecule has 5 nitrogen and oxygen atoms in total. The van der Waals surface area contributed by atoms with Crippen LogP contribution in [-0.2, 0) is 22.6 Å². The summed E-state index contributed by atoms with van der Waals surface area (Å²) in [7, 11) is -3.70. The van der Waals surface area contributed by atoms with Crippen molar-refractivity contribution in [3.63, 3.8) is 0 Å². The highest BCUT2D eigenvalue weighted by atomic mass is 32.2. The van der Waals surface area contributed by atoms with E-state index in [2.05, 4.69) is 5.10 Å². The van der Waals surface area contributed by atoms with Gasteiger partial charge in [-0.15, -0.1) is 0 Å². The summed E-state index contributed by atoms with van der Waals surface area (Å²) in [4.78, 5) is 11.5. The summed E-state index contributed by atoms with van der Waals surface area (Å²) in [5.74, 6) is -0.523. The molecule has 1 aromatic carbocycles. The Morgan fingerprint density at radius 2 is 1.68 bits per heavy atom. The summed E-state index contributed by atoms with van der Waals surface area (Å²) in [5.41, 5.74) is -2.04. The van der Waals surface area contributed by atoms with E-state index in [0.29, 0.717) is 16.8 Å². The fourth-order valence-electron chi connectivity index (χ4n) is 1.71. The Bertz CT molecular complexity index is 814. The van der Waals surface area contributed by atoms with Gasteiger partial charge in [-0.1, -0.05) is 18.2 Å². The predicted molar refractivity (Wildman–Crippen MR) is 72.0 cm³/mol. The minimum absolute atomic E-state index is 0.0371. The van der Waals surface area contributed by atoms with Gasteiger partial charge in [-0.05, 0) is 18.2 Å². The number of hydrogen-bond donors (Lipinski definition) is 0. The first-order chi connectivity index (χ1) is 10.2. The molecule has 0 amide bonds. The third-order valence-electron chi connectivity index (χ3n) is 2.83. The SMILES string of the molecule is O=c1ccc(C(F)(F)F)nn1CCS(=O)(=O)c1ccccc1. The first-order valence-electron chi connectivity index (χ1n) is 6.13. The number of sulfone groups is 1. The van der Waals surface area contributed by atoms with Gasteiger partial charge < -0.3 is 0 Å². The smallest absolute Gasteiger partial charge is 0.268 e. The van der Waals surface area contributed by atoms with Crippen molar-refractivity contribution in [2.75, 3.05) is 5.75 Å². The van der Waals surface area contributed by atoms with Crippen LogP contribution in [-0.4, -0.2) is 24.0 Å². The molecule has 0 N–H and O–H groups in total. The van der Waals surface area contributed by atoms with Crippen LogP contribution in [0.3, 0.4) is 0 Å². The number of nitrogens with zero attached hydrogens (tertiary/aromatic N) is 2. The molecule has 0 bridgehead atoms. The Hall–Kier alpha value is -2.16. The molecule has 0 saturated carbocycles. The lowest BCUT2D eigenvalue weighted by atomic mass is 10.4. The molecule has 0 spiro atoms. The molecule has 2 rings (SSSR count). The summed E-state index contributed by atoms with van der Waals surface area (Å²) in [6.07, 6.45) is -4.70. The summed E-state index contributed by atoms with van der Waals surface area (Å²) >= 11 is 0. The third kappa shape index (κ3) is 3.73. The average molecular weight is 332 g/mol. The summed E-state index contributed by atoms with van der Waals surface area (Å²) < 4.78 is 62.2. The van der Waals surface area contributed by atoms with Crippen LogP contribution >= 0.6 is 0 Å². The Morgan fingerprint density at radius 1 is 1.05 bits per heavy atom. The largest absolute Gasteiger partial charge is 0.435 e. The Morgan fingerprint density at radius 3 is 2.27 bits per heavy atom. The highest BCUT2D eigenvalue weighted by molar-refractivity contribution is 7.91. The summed E-state index contributed by atoms with van der Waals surface area (Å²) in [6.45, 7) is -0.458. The number of halogens is 3. The van der Waals surface area contributed by atoms with E-state index in [1.54, 1.807) is 6.07 Å². The number of aryl methyl sites for hydroxylation is 1. The van der Waals surface area contributed by atoms with Gasteiger partial charge in [0.15, 0.2) is 15.5 Å². The molecule has 0 atom stereocenters. The van der Waals surface area contributed by atoms with Gasteiger partial charge in [0.25, 0.3) is 5.56 Å². The zero-order valence-corrected chi connectivity index (χ0v) is 11.9. The molecule has 1 heterocycles. The molecule has 9 heteroatoms. The maximum atomic E-state index is 12.5. The Kier molecular flexibility index (Phi) is 4.36. The van der Waals surface area contributed by atoms with E-state index < -0.39 is 39.6 Å². The topological polar surface area (TPSA) is 69.0 Å². The van der Waals surface area contributed by atoms with Crippen molar-refractivity contribution in [1.29, 1.82) is 0 Å². The minimum atomic E-state index is -4.70. The van der Waals surface area contributed by atoms with Gasteiger partial charge in [0.2, 0.25) is 0 Å². The molecule has 22 heavy (non-hydrogen) atoms. The van der Waals surface area contributed by atoms with Gasteiger partial charge >= 0.3 is 6.18 Å². The van der Waals surface area contributed by atoms with Crippen LogP contribution in [0, 0.1) is 0 Å². The minimum Gasteiger partial charge on any atom is -0.268 e. The molecule has 0 fully saturated rings. The molecule has 2 aromatic rings. The Balaban J connectivity index is 2.24. The molecule has 118 valence electrons. The molecule has 0 aliphatic heterocycles. The monoisotopic (exact) mass is 332 g/mol. The van der Waals surface area contributed by atoms with Gasteiger partial charge in [0, 0.05) is 6.07 Å². The highest BCUT2D eigenvalue weighted by Gasteiger charge is 2.33. The molecule has 0 aliphatic rings. The van der Waals surface area contributed by atoms with E-state index in [4.69, 9.17) is 0 Å². The van der Waals surface area contributed by atoms with Crippen molar-refractivity contribution in [2.24, 2.45) is 0 Å². The second-order valence-electron chi connectivity index (χ2n) is 4.41. The van der Waals surface area contributed by atoms with Gasteiger partial charge in [0.1, 0.15) is 0 Å². The zero-order chi connectivity index (χ0) is 16.4. The number of aromatic nitrogens is 2. The second-order valence-corrected chi connectivity index (χ2v) is 6.52. The molecule has 0 radical (unpaired) electrons. The predicted octanol–water partition coefficient (Wildman–Crippen LogP) is 1.74. The van der Waals surface area contributed by atoms with E-state index in [-0.39, 0.29) is 4.90 Å². The van der Waals surface area contributed by atoms with Gasteiger partial charge in [-0.3, -0.25) is 4.79 Å². The number of rotatable bonds is 4. The van der Waals surface area contributed by atoms with Crippen LogP contribution in [0.5, 0.6) is 0 Å². The van der Waals surface area contributed by atoms with Crippen LogP contribution in [0.25, 0.3) is 0 Å². The molecule has 0 unspecified atom stereocenters. The van der Waals surface area contributed by atoms with Crippen molar-refractivity contribution < 1.29 is 21.6 Å². The van der Waals surface area contributed by atoms with E-state index in [1.807, 2.05) is 0 Å². The number of benzene rings is 1. The van der Waals surface area contributed by atoms with Crippen LogP contribution < -0.4 is 5.56 Å². The van der Waals surface area contributed by atoms with Crippen LogP contribution in [0.4, 0.5) is 13.2 Å². The van der Waals surface area contributed by atoms with Crippen molar-refractivity contribution in [2.45, 2.75) is 17.6 Å². The van der Waals surface area contributed by atoms with E-state index in [9.17, 15) is 26.4 Å². The van der Waals surface area contributed by atoms with Crippen LogP contribution in [0.1, 0.15) is 5.69 Å². The van der Waals surface area contributed by atoms with E-state index in [0.717, 1.165) is 0 Å². The maximum absolute atomic E-state index is 12.5. The quantitative estimate of drug-likeness (QED) is 0.855. The number of hydrogen-bond acceptors (Lipinski definition) is 4. The first-order valence-corrected chi connectivity index (χ1v) is 7.78. The standard InChI is InChI=1S/C13H11F3N2O3S/c14-13(15,16)11-6-7-12(19)18(17-11)8-9-22(20,21)10-4-2-1-3-5-10/h1-7H,8-9H2. The first kappa shape index (κ1) is 16.2. The molecular weight excluding hydrogens is 321 g/mol. The van der Waals surface area contributed by atoms with Crippen molar-refractivity contribution in [1.82, 2.24) is 9.78 Å². The van der Waals surface area contributed by atoms with E-state index >= 15 is 0 Å². The summed E-state index contributed by atoms with van der Waals surface area (Å²) in [5, 5.41) is 3.16. The summed E-state index contributed by atoms with van der Waals surface area (Å²) in [6, 6.07) is 8.71. The lowest BCUT2D eigenvalue weighted by Crippen LogP contribution is -2.28. The van der Waals surface area contributed by atoms with Crippen molar-refractivity contribution in [3.05, 3.63) is 58.5 Å². The van der Waals surface area contributed by atoms with Gasteiger partial charge in [-0.25, -0.2) is 13.1 Å². The Labute approximate surface area is 123 Å². The molecule has 0 aliphatic carbocycles.